The molecular formula is C22H27N3O7S. The number of benzene rings is 2. The molecule has 11 heteroatoms. The number of esters is 1. The highest BCUT2D eigenvalue weighted by Gasteiger charge is 2.31. The monoisotopic (exact) mass is 477 g/mol. The second-order valence-electron chi connectivity index (χ2n) is 7.73. The second-order valence-corrected chi connectivity index (χ2v) is 9.42. The van der Waals surface area contributed by atoms with E-state index in [9.17, 15) is 28.1 Å². The topological polar surface area (TPSA) is 145 Å². The number of ether oxygens (including phenoxy) is 1. The molecule has 2 rings (SSSR count). The maximum atomic E-state index is 12.7. The van der Waals surface area contributed by atoms with Crippen molar-refractivity contribution in [3.63, 3.8) is 0 Å². The van der Waals surface area contributed by atoms with Crippen molar-refractivity contribution >= 4 is 27.6 Å². The first kappa shape index (κ1) is 25.9. The van der Waals surface area contributed by atoms with E-state index in [0.29, 0.717) is 0 Å². The first-order valence-corrected chi connectivity index (χ1v) is 11.6. The van der Waals surface area contributed by atoms with Crippen molar-refractivity contribution < 1.29 is 27.7 Å². The lowest BCUT2D eigenvalue weighted by Crippen LogP contribution is -2.51. The van der Waals surface area contributed by atoms with Crippen LogP contribution in [0, 0.1) is 30.9 Å². The quantitative estimate of drug-likeness (QED) is 0.319. The van der Waals surface area contributed by atoms with Crippen LogP contribution in [-0.2, 0) is 30.8 Å². The van der Waals surface area contributed by atoms with Gasteiger partial charge in [0.25, 0.3) is 5.69 Å². The lowest BCUT2D eigenvalue weighted by atomic mass is 9.94. The number of sulfonamides is 1. The van der Waals surface area contributed by atoms with Crippen molar-refractivity contribution in [2.24, 2.45) is 0 Å². The third kappa shape index (κ3) is 6.36. The summed E-state index contributed by atoms with van der Waals surface area (Å²) in [6.45, 7) is 7.02. The minimum Gasteiger partial charge on any atom is -0.467 e. The lowest BCUT2D eigenvalue weighted by molar-refractivity contribution is -0.387. The number of rotatable bonds is 9. The Hall–Kier alpha value is -3.31. The molecule has 0 saturated heterocycles. The summed E-state index contributed by atoms with van der Waals surface area (Å²) in [5, 5.41) is 13.7. The first-order valence-electron chi connectivity index (χ1n) is 10.1. The number of carbonyl (C=O) groups excluding carboxylic acids is 2. The first-order chi connectivity index (χ1) is 15.4. The van der Waals surface area contributed by atoms with Crippen molar-refractivity contribution in [1.29, 1.82) is 0 Å². The molecular weight excluding hydrogens is 450 g/mol. The van der Waals surface area contributed by atoms with Crippen LogP contribution in [0.4, 0.5) is 5.69 Å². The number of carbonyl (C=O) groups is 2. The minimum absolute atomic E-state index is 0.153. The number of para-hydroxylation sites is 1. The number of nitro groups is 1. The Morgan fingerprint density at radius 3 is 2.24 bits per heavy atom. The van der Waals surface area contributed by atoms with Crippen molar-refractivity contribution in [2.75, 3.05) is 7.11 Å². The van der Waals surface area contributed by atoms with Gasteiger partial charge in [-0.1, -0.05) is 29.8 Å². The largest absolute Gasteiger partial charge is 0.467 e. The molecule has 33 heavy (non-hydrogen) atoms. The highest BCUT2D eigenvalue weighted by Crippen LogP contribution is 2.23. The van der Waals surface area contributed by atoms with Crippen LogP contribution < -0.4 is 10.0 Å². The smallest absolute Gasteiger partial charge is 0.328 e. The molecule has 0 fully saturated rings. The zero-order chi connectivity index (χ0) is 24.9. The van der Waals surface area contributed by atoms with Gasteiger partial charge in [0.05, 0.1) is 18.1 Å². The van der Waals surface area contributed by atoms with E-state index in [1.807, 2.05) is 32.9 Å². The number of hydrogen-bond acceptors (Lipinski definition) is 7. The number of hydrogen-bond donors (Lipinski definition) is 2. The van der Waals surface area contributed by atoms with Gasteiger partial charge in [0.15, 0.2) is 4.90 Å². The van der Waals surface area contributed by atoms with E-state index in [1.165, 1.54) is 26.2 Å². The molecule has 0 aliphatic heterocycles. The molecule has 0 heterocycles. The van der Waals surface area contributed by atoms with Crippen molar-refractivity contribution in [3.8, 4) is 0 Å². The van der Waals surface area contributed by atoms with Gasteiger partial charge < -0.3 is 10.1 Å². The molecule has 1 amide bonds. The predicted molar refractivity (Wildman–Crippen MR) is 121 cm³/mol. The number of amides is 1. The molecule has 178 valence electrons. The molecule has 0 unspecified atom stereocenters. The normalized spacial score (nSPS) is 13.1. The summed E-state index contributed by atoms with van der Waals surface area (Å²) in [4.78, 5) is 34.9. The molecule has 10 nitrogen and oxygen atoms in total. The Bertz CT molecular complexity index is 1160. The van der Waals surface area contributed by atoms with Crippen LogP contribution in [-0.4, -0.2) is 44.4 Å². The Labute approximate surface area is 192 Å². The van der Waals surface area contributed by atoms with Gasteiger partial charge in [0, 0.05) is 12.5 Å². The van der Waals surface area contributed by atoms with Gasteiger partial charge in [0.1, 0.15) is 6.04 Å². The molecule has 2 atom stereocenters. The Morgan fingerprint density at radius 1 is 1.12 bits per heavy atom. The van der Waals surface area contributed by atoms with Gasteiger partial charge in [-0.2, -0.15) is 4.72 Å². The van der Waals surface area contributed by atoms with Crippen LogP contribution in [0.15, 0.2) is 41.3 Å². The SMILES string of the molecule is COC(=O)[C@H](Cc1c(C)cc(C)cc1C)NC(=O)[C@H](C)NS(=O)(=O)c1ccccc1[N+](=O)[O-]. The lowest BCUT2D eigenvalue weighted by Gasteiger charge is -2.22. The Morgan fingerprint density at radius 2 is 1.70 bits per heavy atom. The highest BCUT2D eigenvalue weighted by atomic mass is 32.2. The van der Waals surface area contributed by atoms with Gasteiger partial charge in [-0.3, -0.25) is 14.9 Å². The van der Waals surface area contributed by atoms with Gasteiger partial charge in [0.2, 0.25) is 15.9 Å². The molecule has 2 N–H and O–H groups in total. The van der Waals surface area contributed by atoms with E-state index in [0.717, 1.165) is 34.4 Å². The zero-order valence-corrected chi connectivity index (χ0v) is 19.9. The zero-order valence-electron chi connectivity index (χ0n) is 19.0. The van der Waals surface area contributed by atoms with E-state index >= 15 is 0 Å². The summed E-state index contributed by atoms with van der Waals surface area (Å²) in [5.41, 5.74) is 3.20. The second kappa shape index (κ2) is 10.5. The number of aryl methyl sites for hydroxylation is 3. The van der Waals surface area contributed by atoms with Gasteiger partial charge >= 0.3 is 5.97 Å². The average molecular weight is 478 g/mol. The van der Waals surface area contributed by atoms with Crippen molar-refractivity contribution in [2.45, 2.75) is 51.1 Å². The predicted octanol–water partition coefficient (Wildman–Crippen LogP) is 2.09. The van der Waals surface area contributed by atoms with E-state index < -0.39 is 49.5 Å². The summed E-state index contributed by atoms with van der Waals surface area (Å²) < 4.78 is 32.3. The Balaban J connectivity index is 2.23. The van der Waals surface area contributed by atoms with Crippen LogP contribution in [0.1, 0.15) is 29.2 Å². The third-order valence-corrected chi connectivity index (χ3v) is 6.72. The molecule has 0 aromatic heterocycles. The fourth-order valence-electron chi connectivity index (χ4n) is 3.55. The number of methoxy groups -OCH3 is 1. The fraction of sp³-hybridized carbons (Fsp3) is 0.364. The van der Waals surface area contributed by atoms with Gasteiger partial charge in [-0.15, -0.1) is 0 Å². The van der Waals surface area contributed by atoms with E-state index in [-0.39, 0.29) is 6.42 Å². The minimum atomic E-state index is -4.39. The van der Waals surface area contributed by atoms with Crippen LogP contribution in [0.2, 0.25) is 0 Å². The van der Waals surface area contributed by atoms with Gasteiger partial charge in [-0.25, -0.2) is 13.2 Å². The average Bonchev–Trinajstić information content (AvgIpc) is 2.74. The standard InChI is InChI=1S/C22H27N3O7S/c1-13-10-14(2)17(15(3)11-13)12-18(22(27)32-5)23-21(26)16(4)24-33(30,31)20-9-7-6-8-19(20)25(28)29/h6-11,16,18,24H,12H2,1-5H3,(H,23,26)/t16-,18-/m0/s1. The maximum absolute atomic E-state index is 12.7. The Kier molecular flexibility index (Phi) is 8.29. The molecule has 2 aromatic rings. The maximum Gasteiger partial charge on any atom is 0.328 e. The molecule has 0 saturated carbocycles. The molecule has 0 radical (unpaired) electrons. The molecule has 0 spiro atoms. The third-order valence-electron chi connectivity index (χ3n) is 5.13. The van der Waals surface area contributed by atoms with Crippen molar-refractivity contribution in [3.05, 3.63) is 68.8 Å². The molecule has 0 bridgehead atoms. The molecule has 0 aliphatic rings. The number of nitrogens with one attached hydrogen (secondary N) is 2. The van der Waals surface area contributed by atoms with Gasteiger partial charge in [-0.05, 0) is 50.5 Å². The summed E-state index contributed by atoms with van der Waals surface area (Å²) in [6, 6.07) is 6.35. The van der Waals surface area contributed by atoms with Crippen LogP contribution in [0.25, 0.3) is 0 Å². The van der Waals surface area contributed by atoms with Crippen LogP contribution >= 0.6 is 0 Å². The summed E-state index contributed by atoms with van der Waals surface area (Å²) in [6.07, 6.45) is 0.153. The van der Waals surface area contributed by atoms with E-state index in [1.54, 1.807) is 0 Å². The number of nitrogens with zero attached hydrogens (tertiary/aromatic N) is 1. The number of nitro benzene ring substituents is 1. The highest BCUT2D eigenvalue weighted by molar-refractivity contribution is 7.89. The van der Waals surface area contributed by atoms with Crippen molar-refractivity contribution in [1.82, 2.24) is 10.0 Å². The summed E-state index contributed by atoms with van der Waals surface area (Å²) in [7, 11) is -3.20. The summed E-state index contributed by atoms with van der Waals surface area (Å²) >= 11 is 0. The van der Waals surface area contributed by atoms with E-state index in [4.69, 9.17) is 4.74 Å². The van der Waals surface area contributed by atoms with Crippen LogP contribution in [0.3, 0.4) is 0 Å². The van der Waals surface area contributed by atoms with Crippen LogP contribution in [0.5, 0.6) is 0 Å². The molecule has 2 aromatic carbocycles. The fourth-order valence-corrected chi connectivity index (χ4v) is 4.93. The molecule has 0 aliphatic carbocycles. The van der Waals surface area contributed by atoms with E-state index in [2.05, 4.69) is 10.0 Å². The summed E-state index contributed by atoms with van der Waals surface area (Å²) in [5.74, 6) is -1.47.